The molecule has 0 aromatic carbocycles. The summed E-state index contributed by atoms with van der Waals surface area (Å²) in [6, 6.07) is -0.403. The Kier molecular flexibility index (Phi) is 2.79. The van der Waals surface area contributed by atoms with Gasteiger partial charge in [-0.15, -0.1) is 11.3 Å². The van der Waals surface area contributed by atoms with Crippen LogP contribution < -0.4 is 10.6 Å². The molecule has 1 saturated heterocycles. The van der Waals surface area contributed by atoms with E-state index in [2.05, 4.69) is 15.6 Å². The van der Waals surface area contributed by atoms with Crippen molar-refractivity contribution in [1.29, 1.82) is 0 Å². The third-order valence-corrected chi connectivity index (χ3v) is 2.99. The maximum Gasteiger partial charge on any atom is 0.244 e. The number of hydrogen-bond donors (Lipinski definition) is 2. The molecule has 1 aliphatic heterocycles. The molecule has 0 bridgehead atoms. The molecular weight excluding hydrogens is 214 g/mol. The predicted molar refractivity (Wildman–Crippen MR) is 55.2 cm³/mol. The van der Waals surface area contributed by atoms with Crippen LogP contribution in [-0.4, -0.2) is 22.8 Å². The van der Waals surface area contributed by atoms with Gasteiger partial charge in [0.15, 0.2) is 0 Å². The zero-order chi connectivity index (χ0) is 10.8. The van der Waals surface area contributed by atoms with E-state index in [0.29, 0.717) is 6.54 Å². The van der Waals surface area contributed by atoms with Crippen LogP contribution in [0.2, 0.25) is 0 Å². The van der Waals surface area contributed by atoms with Crippen LogP contribution in [0.4, 0.5) is 0 Å². The number of carbonyl (C=O) groups is 2. The van der Waals surface area contributed by atoms with E-state index < -0.39 is 6.04 Å². The first-order valence-electron chi connectivity index (χ1n) is 4.63. The van der Waals surface area contributed by atoms with E-state index in [1.165, 1.54) is 0 Å². The van der Waals surface area contributed by atoms with Crippen molar-refractivity contribution in [3.8, 4) is 0 Å². The van der Waals surface area contributed by atoms with Gasteiger partial charge in [-0.2, -0.15) is 0 Å². The third-order valence-electron chi connectivity index (χ3n) is 2.16. The Bertz CT molecular complexity index is 402. The minimum atomic E-state index is -0.403. The van der Waals surface area contributed by atoms with Gasteiger partial charge < -0.3 is 0 Å². The van der Waals surface area contributed by atoms with Crippen LogP contribution in [-0.2, 0) is 16.1 Å². The normalized spacial score (nSPS) is 20.7. The van der Waals surface area contributed by atoms with Gasteiger partial charge in [0, 0.05) is 11.9 Å². The minimum absolute atomic E-state index is 0.216. The highest BCUT2D eigenvalue weighted by Crippen LogP contribution is 2.08. The van der Waals surface area contributed by atoms with Gasteiger partial charge in [0.05, 0.1) is 23.2 Å². The molecule has 1 atom stereocenters. The molecule has 2 N–H and O–H groups in total. The number of aryl methyl sites for hydroxylation is 1. The lowest BCUT2D eigenvalue weighted by molar-refractivity contribution is -0.125. The van der Waals surface area contributed by atoms with E-state index in [9.17, 15) is 9.59 Å². The number of thiazole rings is 1. The first kappa shape index (κ1) is 10.3. The number of imide groups is 1. The Hall–Kier alpha value is -1.27. The Morgan fingerprint density at radius 2 is 2.47 bits per heavy atom. The Labute approximate surface area is 90.9 Å². The first-order valence-corrected chi connectivity index (χ1v) is 5.51. The van der Waals surface area contributed by atoms with E-state index >= 15 is 0 Å². The smallest absolute Gasteiger partial charge is 0.244 e. The van der Waals surface area contributed by atoms with Gasteiger partial charge in [0.2, 0.25) is 11.8 Å². The lowest BCUT2D eigenvalue weighted by Gasteiger charge is -2.06. The largest absolute Gasteiger partial charge is 0.300 e. The Morgan fingerprint density at radius 1 is 1.67 bits per heavy atom. The van der Waals surface area contributed by atoms with Crippen LogP contribution >= 0.6 is 11.3 Å². The average Bonchev–Trinajstić information content (AvgIpc) is 2.70. The van der Waals surface area contributed by atoms with Gasteiger partial charge >= 0.3 is 0 Å². The molecule has 0 aliphatic carbocycles. The SMILES string of the molecule is Cc1nc(CNC2CC(=O)NC2=O)cs1. The van der Waals surface area contributed by atoms with E-state index in [0.717, 1.165) is 10.7 Å². The molecule has 2 amide bonds. The maximum absolute atomic E-state index is 11.2. The Balaban J connectivity index is 1.88. The van der Waals surface area contributed by atoms with E-state index in [-0.39, 0.29) is 18.2 Å². The van der Waals surface area contributed by atoms with E-state index in [1.807, 2.05) is 12.3 Å². The molecule has 1 unspecified atom stereocenters. The van der Waals surface area contributed by atoms with Crippen molar-refractivity contribution in [3.05, 3.63) is 16.1 Å². The fourth-order valence-corrected chi connectivity index (χ4v) is 2.05. The van der Waals surface area contributed by atoms with Crippen molar-refractivity contribution in [3.63, 3.8) is 0 Å². The number of rotatable bonds is 3. The first-order chi connectivity index (χ1) is 7.15. The quantitative estimate of drug-likeness (QED) is 0.708. The summed E-state index contributed by atoms with van der Waals surface area (Å²) in [5.41, 5.74) is 0.907. The molecule has 2 heterocycles. The second-order valence-electron chi connectivity index (χ2n) is 3.41. The fourth-order valence-electron chi connectivity index (χ4n) is 1.44. The van der Waals surface area contributed by atoms with Crippen molar-refractivity contribution in [1.82, 2.24) is 15.6 Å². The highest BCUT2D eigenvalue weighted by atomic mass is 32.1. The minimum Gasteiger partial charge on any atom is -0.300 e. The average molecular weight is 225 g/mol. The topological polar surface area (TPSA) is 71.1 Å². The predicted octanol–water partition coefficient (Wildman–Crippen LogP) is -0.0438. The van der Waals surface area contributed by atoms with Crippen molar-refractivity contribution < 1.29 is 9.59 Å². The van der Waals surface area contributed by atoms with Gasteiger partial charge in [-0.3, -0.25) is 20.2 Å². The van der Waals surface area contributed by atoms with Crippen molar-refractivity contribution in [2.75, 3.05) is 0 Å². The summed E-state index contributed by atoms with van der Waals surface area (Å²) < 4.78 is 0. The zero-order valence-electron chi connectivity index (χ0n) is 8.24. The van der Waals surface area contributed by atoms with Crippen LogP contribution in [0.25, 0.3) is 0 Å². The molecule has 2 rings (SSSR count). The lowest BCUT2D eigenvalue weighted by Crippen LogP contribution is -2.35. The van der Waals surface area contributed by atoms with Crippen LogP contribution in [0.15, 0.2) is 5.38 Å². The molecule has 6 heteroatoms. The molecule has 0 radical (unpaired) electrons. The van der Waals surface area contributed by atoms with Gasteiger partial charge in [-0.25, -0.2) is 4.98 Å². The lowest BCUT2D eigenvalue weighted by atomic mass is 10.2. The summed E-state index contributed by atoms with van der Waals surface area (Å²) in [5.74, 6) is -0.459. The number of aromatic nitrogens is 1. The van der Waals surface area contributed by atoms with Gasteiger partial charge in [-0.1, -0.05) is 0 Å². The number of nitrogens with one attached hydrogen (secondary N) is 2. The number of hydrogen-bond acceptors (Lipinski definition) is 5. The van der Waals surface area contributed by atoms with Crippen LogP contribution in [0.3, 0.4) is 0 Å². The molecule has 80 valence electrons. The second-order valence-corrected chi connectivity index (χ2v) is 4.47. The molecule has 1 aromatic rings. The molecule has 1 aromatic heterocycles. The van der Waals surface area contributed by atoms with Crippen LogP contribution in [0.1, 0.15) is 17.1 Å². The molecular formula is C9H11N3O2S. The summed E-state index contributed by atoms with van der Waals surface area (Å²) in [5, 5.41) is 8.19. The molecule has 0 spiro atoms. The molecule has 0 saturated carbocycles. The van der Waals surface area contributed by atoms with Crippen molar-refractivity contribution in [2.45, 2.75) is 25.9 Å². The van der Waals surface area contributed by atoms with E-state index in [1.54, 1.807) is 11.3 Å². The summed E-state index contributed by atoms with van der Waals surface area (Å²) in [6.45, 7) is 2.45. The third kappa shape index (κ3) is 2.40. The molecule has 15 heavy (non-hydrogen) atoms. The van der Waals surface area contributed by atoms with Crippen molar-refractivity contribution in [2.24, 2.45) is 0 Å². The summed E-state index contributed by atoms with van der Waals surface area (Å²) in [4.78, 5) is 26.3. The zero-order valence-corrected chi connectivity index (χ0v) is 9.06. The molecule has 1 fully saturated rings. The summed E-state index contributed by atoms with van der Waals surface area (Å²) >= 11 is 1.57. The maximum atomic E-state index is 11.2. The van der Waals surface area contributed by atoms with Crippen LogP contribution in [0.5, 0.6) is 0 Å². The highest BCUT2D eigenvalue weighted by Gasteiger charge is 2.29. The number of carbonyl (C=O) groups excluding carboxylic acids is 2. The highest BCUT2D eigenvalue weighted by molar-refractivity contribution is 7.09. The standard InChI is InChI=1S/C9H11N3O2S/c1-5-11-6(4-15-5)3-10-7-2-8(13)12-9(7)14/h4,7,10H,2-3H2,1H3,(H,12,13,14). The van der Waals surface area contributed by atoms with E-state index in [4.69, 9.17) is 0 Å². The van der Waals surface area contributed by atoms with Gasteiger partial charge in [-0.05, 0) is 6.92 Å². The van der Waals surface area contributed by atoms with Gasteiger partial charge in [0.25, 0.3) is 0 Å². The number of nitrogens with zero attached hydrogens (tertiary/aromatic N) is 1. The van der Waals surface area contributed by atoms with Crippen molar-refractivity contribution >= 4 is 23.2 Å². The fraction of sp³-hybridized carbons (Fsp3) is 0.444. The monoisotopic (exact) mass is 225 g/mol. The second kappa shape index (κ2) is 4.08. The summed E-state index contributed by atoms with van der Waals surface area (Å²) in [6.07, 6.45) is 0.224. The Morgan fingerprint density at radius 3 is 3.00 bits per heavy atom. The molecule has 1 aliphatic rings. The summed E-state index contributed by atoms with van der Waals surface area (Å²) in [7, 11) is 0. The van der Waals surface area contributed by atoms with Crippen LogP contribution in [0, 0.1) is 6.92 Å². The molecule has 5 nitrogen and oxygen atoms in total. The number of amides is 2. The van der Waals surface area contributed by atoms with Gasteiger partial charge in [0.1, 0.15) is 0 Å².